The Kier molecular flexibility index (Phi) is 6.30. The maximum Gasteiger partial charge on any atom is 0.240 e. The first-order valence-electron chi connectivity index (χ1n) is 7.96. The molecular weight excluding hydrogens is 338 g/mol. The highest BCUT2D eigenvalue weighted by Crippen LogP contribution is 2.20. The first-order chi connectivity index (χ1) is 11.8. The summed E-state index contributed by atoms with van der Waals surface area (Å²) in [5.41, 5.74) is 2.15. The summed E-state index contributed by atoms with van der Waals surface area (Å²) in [5, 5.41) is 5.86. The van der Waals surface area contributed by atoms with Gasteiger partial charge in [0, 0.05) is 11.7 Å². The van der Waals surface area contributed by atoms with Gasteiger partial charge in [-0.2, -0.15) is 0 Å². The van der Waals surface area contributed by atoms with Crippen molar-refractivity contribution in [3.05, 3.63) is 59.7 Å². The molecule has 2 aromatic carbocycles. The molecule has 0 heterocycles. The summed E-state index contributed by atoms with van der Waals surface area (Å²) in [5.74, 6) is -0.237. The van der Waals surface area contributed by atoms with Gasteiger partial charge < -0.3 is 10.6 Å². The molecule has 0 aliphatic rings. The van der Waals surface area contributed by atoms with E-state index >= 15 is 0 Å². The molecule has 0 aliphatic carbocycles. The zero-order valence-corrected chi connectivity index (χ0v) is 15.4. The van der Waals surface area contributed by atoms with Crippen LogP contribution in [0.2, 0.25) is 0 Å². The van der Waals surface area contributed by atoms with Crippen LogP contribution in [-0.2, 0) is 14.8 Å². The Balaban J connectivity index is 2.00. The summed E-state index contributed by atoms with van der Waals surface area (Å²) < 4.78 is 26.3. The molecule has 6 nitrogen and oxygen atoms in total. The van der Waals surface area contributed by atoms with E-state index in [1.807, 2.05) is 37.3 Å². The van der Waals surface area contributed by atoms with E-state index in [1.165, 1.54) is 13.1 Å². The number of amides is 1. The van der Waals surface area contributed by atoms with Gasteiger partial charge in [-0.15, -0.1) is 0 Å². The first-order valence-corrected chi connectivity index (χ1v) is 9.44. The number of carbonyl (C=O) groups excluding carboxylic acids is 1. The van der Waals surface area contributed by atoms with E-state index < -0.39 is 10.0 Å². The third-order valence-electron chi connectivity index (χ3n) is 3.90. The smallest absolute Gasteiger partial charge is 0.240 e. The van der Waals surface area contributed by atoms with Crippen molar-refractivity contribution in [3.63, 3.8) is 0 Å². The summed E-state index contributed by atoms with van der Waals surface area (Å²) >= 11 is 0. The fourth-order valence-corrected chi connectivity index (χ4v) is 3.38. The van der Waals surface area contributed by atoms with E-state index in [0.717, 1.165) is 5.56 Å². The summed E-state index contributed by atoms with van der Waals surface area (Å²) in [6, 6.07) is 14.7. The minimum Gasteiger partial charge on any atom is -0.325 e. The molecule has 0 saturated carbocycles. The normalized spacial score (nSPS) is 12.6. The van der Waals surface area contributed by atoms with E-state index in [4.69, 9.17) is 0 Å². The maximum atomic E-state index is 12.1. The van der Waals surface area contributed by atoms with E-state index in [9.17, 15) is 13.2 Å². The minimum atomic E-state index is -3.57. The van der Waals surface area contributed by atoms with Gasteiger partial charge in [0.1, 0.15) is 0 Å². The largest absolute Gasteiger partial charge is 0.325 e. The molecular formula is C18H23N3O3S. The molecule has 1 amide bonds. The number of hydrogen-bond acceptors (Lipinski definition) is 4. The molecule has 2 aromatic rings. The lowest BCUT2D eigenvalue weighted by molar-refractivity contribution is -0.115. The van der Waals surface area contributed by atoms with Gasteiger partial charge in [-0.05, 0) is 44.2 Å². The van der Waals surface area contributed by atoms with Crippen molar-refractivity contribution in [2.24, 2.45) is 0 Å². The first kappa shape index (κ1) is 19.1. The molecule has 3 N–H and O–H groups in total. The number of aryl methyl sites for hydroxylation is 1. The average Bonchev–Trinajstić information content (AvgIpc) is 2.62. The molecule has 0 saturated heterocycles. The highest BCUT2D eigenvalue weighted by atomic mass is 32.2. The average molecular weight is 361 g/mol. The Bertz CT molecular complexity index is 836. The van der Waals surface area contributed by atoms with Gasteiger partial charge in [0.05, 0.1) is 11.4 Å². The van der Waals surface area contributed by atoms with Crippen molar-refractivity contribution in [2.75, 3.05) is 18.9 Å². The van der Waals surface area contributed by atoms with Gasteiger partial charge in [-0.1, -0.05) is 36.4 Å². The highest BCUT2D eigenvalue weighted by molar-refractivity contribution is 7.89. The van der Waals surface area contributed by atoms with E-state index in [2.05, 4.69) is 15.4 Å². The zero-order chi connectivity index (χ0) is 18.4. The van der Waals surface area contributed by atoms with Gasteiger partial charge in [-0.3, -0.25) is 4.79 Å². The molecule has 0 radical (unpaired) electrons. The number of nitrogens with one attached hydrogen (secondary N) is 3. The molecule has 0 bridgehead atoms. The molecule has 0 aliphatic heterocycles. The van der Waals surface area contributed by atoms with Crippen molar-refractivity contribution in [2.45, 2.75) is 24.8 Å². The Labute approximate surface area is 148 Å². The number of anilines is 1. The Morgan fingerprint density at radius 1 is 1.12 bits per heavy atom. The number of hydrogen-bond donors (Lipinski definition) is 3. The lowest BCUT2D eigenvalue weighted by Gasteiger charge is -2.14. The minimum absolute atomic E-state index is 0.0326. The molecule has 25 heavy (non-hydrogen) atoms. The molecule has 1 atom stereocenters. The number of carbonyl (C=O) groups is 1. The fraction of sp³-hybridized carbons (Fsp3) is 0.278. The SMILES string of the molecule is CNS(=O)(=O)c1cc(NC(=O)CN[C@H](C)c2ccccc2)ccc1C. The van der Waals surface area contributed by atoms with Crippen LogP contribution in [0.5, 0.6) is 0 Å². The third-order valence-corrected chi connectivity index (χ3v) is 5.45. The van der Waals surface area contributed by atoms with Crippen molar-refractivity contribution < 1.29 is 13.2 Å². The van der Waals surface area contributed by atoms with Gasteiger partial charge in [0.25, 0.3) is 0 Å². The monoisotopic (exact) mass is 361 g/mol. The van der Waals surface area contributed by atoms with Crippen molar-refractivity contribution >= 4 is 21.6 Å². The lowest BCUT2D eigenvalue weighted by atomic mass is 10.1. The van der Waals surface area contributed by atoms with Crippen LogP contribution in [0.15, 0.2) is 53.4 Å². The van der Waals surface area contributed by atoms with E-state index in [-0.39, 0.29) is 23.4 Å². The Morgan fingerprint density at radius 3 is 2.44 bits per heavy atom. The highest BCUT2D eigenvalue weighted by Gasteiger charge is 2.16. The standard InChI is InChI=1S/C18H23N3O3S/c1-13-9-10-16(11-17(13)25(23,24)19-3)21-18(22)12-20-14(2)15-7-5-4-6-8-15/h4-11,14,19-20H,12H2,1-3H3,(H,21,22)/t14-/m1/s1. The predicted molar refractivity (Wildman–Crippen MR) is 98.9 cm³/mol. The molecule has 7 heteroatoms. The zero-order valence-electron chi connectivity index (χ0n) is 14.5. The van der Waals surface area contributed by atoms with Crippen LogP contribution in [0, 0.1) is 6.92 Å². The van der Waals surface area contributed by atoms with Crippen LogP contribution in [0.25, 0.3) is 0 Å². The van der Waals surface area contributed by atoms with Crippen LogP contribution >= 0.6 is 0 Å². The summed E-state index contributed by atoms with van der Waals surface area (Å²) in [6.07, 6.45) is 0. The third kappa shape index (κ3) is 5.12. The van der Waals surface area contributed by atoms with Crippen molar-refractivity contribution in [1.29, 1.82) is 0 Å². The van der Waals surface area contributed by atoms with E-state index in [0.29, 0.717) is 11.3 Å². The van der Waals surface area contributed by atoms with Crippen LogP contribution in [0.1, 0.15) is 24.1 Å². The Morgan fingerprint density at radius 2 is 1.80 bits per heavy atom. The molecule has 0 aromatic heterocycles. The van der Waals surface area contributed by atoms with Crippen LogP contribution in [0.3, 0.4) is 0 Å². The molecule has 134 valence electrons. The van der Waals surface area contributed by atoms with Gasteiger partial charge >= 0.3 is 0 Å². The molecule has 2 rings (SSSR count). The molecule has 0 fully saturated rings. The van der Waals surface area contributed by atoms with E-state index in [1.54, 1.807) is 19.1 Å². The maximum absolute atomic E-state index is 12.1. The summed E-state index contributed by atoms with van der Waals surface area (Å²) in [4.78, 5) is 12.3. The quantitative estimate of drug-likeness (QED) is 0.705. The number of rotatable bonds is 7. The van der Waals surface area contributed by atoms with Crippen LogP contribution < -0.4 is 15.4 Å². The molecule has 0 unspecified atom stereocenters. The van der Waals surface area contributed by atoms with Gasteiger partial charge in [0.2, 0.25) is 15.9 Å². The second kappa shape index (κ2) is 8.24. The van der Waals surface area contributed by atoms with Crippen molar-refractivity contribution in [3.8, 4) is 0 Å². The number of sulfonamides is 1. The summed E-state index contributed by atoms with van der Waals surface area (Å²) in [6.45, 7) is 3.81. The van der Waals surface area contributed by atoms with Crippen LogP contribution in [0.4, 0.5) is 5.69 Å². The topological polar surface area (TPSA) is 87.3 Å². The second-order valence-electron chi connectivity index (χ2n) is 5.75. The Hall–Kier alpha value is -2.22. The van der Waals surface area contributed by atoms with Gasteiger partial charge in [0.15, 0.2) is 0 Å². The van der Waals surface area contributed by atoms with Crippen LogP contribution in [-0.4, -0.2) is 27.9 Å². The summed E-state index contributed by atoms with van der Waals surface area (Å²) in [7, 11) is -2.21. The fourth-order valence-electron chi connectivity index (χ4n) is 2.39. The molecule has 0 spiro atoms. The number of benzene rings is 2. The second-order valence-corrected chi connectivity index (χ2v) is 7.60. The predicted octanol–water partition coefficient (Wildman–Crippen LogP) is 2.19. The van der Waals surface area contributed by atoms with Gasteiger partial charge in [-0.25, -0.2) is 13.1 Å². The van der Waals surface area contributed by atoms with Crippen molar-refractivity contribution in [1.82, 2.24) is 10.0 Å². The lowest BCUT2D eigenvalue weighted by Crippen LogP contribution is -2.30.